The zero-order chi connectivity index (χ0) is 18.7. The van der Waals surface area contributed by atoms with Crippen molar-refractivity contribution >= 4 is 21.9 Å². The van der Waals surface area contributed by atoms with Crippen LogP contribution in [0.2, 0.25) is 0 Å². The molecule has 0 aromatic rings. The predicted octanol–water partition coefficient (Wildman–Crippen LogP) is 1.65. The van der Waals surface area contributed by atoms with Gasteiger partial charge in [0.2, 0.25) is 0 Å². The lowest BCUT2D eigenvalue weighted by Gasteiger charge is -2.31. The van der Waals surface area contributed by atoms with E-state index in [1.54, 1.807) is 0 Å². The molecule has 1 N–H and O–H groups in total. The second-order valence-electron chi connectivity index (χ2n) is 5.64. The van der Waals surface area contributed by atoms with Gasteiger partial charge in [-0.1, -0.05) is 0 Å². The highest BCUT2D eigenvalue weighted by Gasteiger charge is 2.82. The van der Waals surface area contributed by atoms with Crippen LogP contribution in [0.1, 0.15) is 19.3 Å². The van der Waals surface area contributed by atoms with Crippen molar-refractivity contribution in [2.45, 2.75) is 42.5 Å². The molecule has 0 amide bonds. The summed E-state index contributed by atoms with van der Waals surface area (Å²) in [5.74, 6) is -12.1. The van der Waals surface area contributed by atoms with Crippen LogP contribution in [-0.2, 0) is 24.4 Å². The largest absolute Gasteiger partial charge is 0.458 e. The van der Waals surface area contributed by atoms with E-state index >= 15 is 0 Å². The molecule has 13 heteroatoms. The van der Waals surface area contributed by atoms with Crippen molar-refractivity contribution < 1.29 is 53.6 Å². The maximum absolute atomic E-state index is 14.1. The molecule has 2 bridgehead atoms. The van der Waals surface area contributed by atoms with Crippen molar-refractivity contribution in [2.24, 2.45) is 11.8 Å². The summed E-state index contributed by atoms with van der Waals surface area (Å²) in [5, 5.41) is -6.12. The Morgan fingerprint density at radius 3 is 2.04 bits per heavy atom. The molecule has 2 fully saturated rings. The normalized spacial score (nSPS) is 30.3. The third-order valence-electron chi connectivity index (χ3n) is 4.20. The monoisotopic (exact) mass is 384 g/mol. The number of Topliss-reactive ketones (excluding diaryl/α,β-unsaturated/α-hetero) is 1. The first-order valence-electron chi connectivity index (χ1n) is 6.50. The lowest BCUT2D eigenvalue weighted by Crippen LogP contribution is -2.64. The fourth-order valence-electron chi connectivity index (χ4n) is 2.94. The number of alkyl halides is 6. The first-order valence-corrected chi connectivity index (χ1v) is 7.94. The Kier molecular flexibility index (Phi) is 4.20. The van der Waals surface area contributed by atoms with Gasteiger partial charge in [0.15, 0.2) is 11.9 Å². The SMILES string of the molecule is O=C1C2CCC(C2)C1OC(=O)C(F)(C(F)(F)C(F)(F)F)S(=O)(=O)O. The molecule has 0 spiro atoms. The number of esters is 1. The molecule has 138 valence electrons. The van der Waals surface area contributed by atoms with Gasteiger partial charge in [0.25, 0.3) is 0 Å². The van der Waals surface area contributed by atoms with Crippen molar-refractivity contribution in [3.63, 3.8) is 0 Å². The summed E-state index contributed by atoms with van der Waals surface area (Å²) in [6.45, 7) is 0. The molecule has 2 rings (SSSR count). The summed E-state index contributed by atoms with van der Waals surface area (Å²) < 4.78 is 112. The minimum Gasteiger partial charge on any atom is -0.451 e. The van der Waals surface area contributed by atoms with Gasteiger partial charge < -0.3 is 4.74 Å². The molecule has 4 unspecified atom stereocenters. The average Bonchev–Trinajstić information content (AvgIpc) is 2.98. The van der Waals surface area contributed by atoms with Gasteiger partial charge in [0, 0.05) is 11.8 Å². The van der Waals surface area contributed by atoms with E-state index in [9.17, 15) is 44.3 Å². The highest BCUT2D eigenvalue weighted by atomic mass is 32.2. The molecule has 24 heavy (non-hydrogen) atoms. The zero-order valence-corrected chi connectivity index (χ0v) is 12.3. The van der Waals surface area contributed by atoms with Gasteiger partial charge in [-0.15, -0.1) is 0 Å². The molecule has 2 aliphatic carbocycles. The lowest BCUT2D eigenvalue weighted by molar-refractivity contribution is -0.310. The fraction of sp³-hybridized carbons (Fsp3) is 0.818. The van der Waals surface area contributed by atoms with Crippen LogP contribution < -0.4 is 0 Å². The standard InChI is InChI=1S/C11H10F6O6S/c12-9(24(20,21)22,10(13,14)11(15,16)17)8(19)23-7-5-2-1-4(3-5)6(7)18/h4-5,7H,1-3H2,(H,20,21,22). The Balaban J connectivity index is 2.39. The van der Waals surface area contributed by atoms with E-state index in [4.69, 9.17) is 4.55 Å². The van der Waals surface area contributed by atoms with Crippen molar-refractivity contribution in [1.82, 2.24) is 0 Å². The number of ether oxygens (including phenoxy) is 1. The number of ketones is 1. The first kappa shape index (κ1) is 19.0. The predicted molar refractivity (Wildman–Crippen MR) is 62.1 cm³/mol. The average molecular weight is 384 g/mol. The molecule has 0 aliphatic heterocycles. The summed E-state index contributed by atoms with van der Waals surface area (Å²) >= 11 is 0. The van der Waals surface area contributed by atoms with Gasteiger partial charge in [-0.2, -0.15) is 30.4 Å². The van der Waals surface area contributed by atoms with E-state index in [1.165, 1.54) is 0 Å². The number of hydrogen-bond donors (Lipinski definition) is 1. The number of hydrogen-bond acceptors (Lipinski definition) is 5. The Labute approximate surface area is 130 Å². The topological polar surface area (TPSA) is 97.7 Å². The van der Waals surface area contributed by atoms with Gasteiger partial charge in [-0.05, 0) is 19.3 Å². The van der Waals surface area contributed by atoms with E-state index in [2.05, 4.69) is 4.74 Å². The van der Waals surface area contributed by atoms with E-state index in [1.807, 2.05) is 0 Å². The van der Waals surface area contributed by atoms with Gasteiger partial charge in [0.1, 0.15) is 0 Å². The van der Waals surface area contributed by atoms with E-state index in [0.29, 0.717) is 6.42 Å². The highest BCUT2D eigenvalue weighted by molar-refractivity contribution is 7.88. The van der Waals surface area contributed by atoms with Crippen molar-refractivity contribution in [3.05, 3.63) is 0 Å². The molecule has 0 heterocycles. The molecule has 2 aliphatic rings. The smallest absolute Gasteiger partial charge is 0.451 e. The van der Waals surface area contributed by atoms with Crippen LogP contribution in [0, 0.1) is 11.8 Å². The molecule has 2 saturated carbocycles. The van der Waals surface area contributed by atoms with Crippen LogP contribution in [0.15, 0.2) is 0 Å². The Hall–Kier alpha value is -1.37. The minimum atomic E-state index is -6.90. The van der Waals surface area contributed by atoms with Gasteiger partial charge in [-0.3, -0.25) is 9.35 Å². The van der Waals surface area contributed by atoms with Crippen molar-refractivity contribution in [1.29, 1.82) is 0 Å². The molecule has 6 nitrogen and oxygen atoms in total. The van der Waals surface area contributed by atoms with E-state index < -0.39 is 56.9 Å². The van der Waals surface area contributed by atoms with Crippen LogP contribution in [0.25, 0.3) is 0 Å². The van der Waals surface area contributed by atoms with Crippen LogP contribution in [0.5, 0.6) is 0 Å². The number of carbonyl (C=O) groups excluding carboxylic acids is 2. The minimum absolute atomic E-state index is 0.164. The Morgan fingerprint density at radius 1 is 1.12 bits per heavy atom. The molecular formula is C11H10F6O6S. The summed E-state index contributed by atoms with van der Waals surface area (Å²) in [4.78, 5) is 23.2. The number of rotatable bonds is 4. The maximum atomic E-state index is 14.1. The molecular weight excluding hydrogens is 374 g/mol. The van der Waals surface area contributed by atoms with Crippen molar-refractivity contribution in [3.8, 4) is 0 Å². The fourth-order valence-corrected chi connectivity index (χ4v) is 3.64. The van der Waals surface area contributed by atoms with Gasteiger partial charge in [0.05, 0.1) is 0 Å². The summed E-state index contributed by atoms with van der Waals surface area (Å²) in [5.41, 5.74) is 0. The van der Waals surface area contributed by atoms with E-state index in [0.717, 1.165) is 0 Å². The van der Waals surface area contributed by atoms with Crippen LogP contribution >= 0.6 is 0 Å². The molecule has 0 aromatic carbocycles. The van der Waals surface area contributed by atoms with Crippen LogP contribution in [-0.4, -0.2) is 47.9 Å². The maximum Gasteiger partial charge on any atom is 0.458 e. The number of carbonyl (C=O) groups is 2. The molecule has 0 saturated heterocycles. The molecule has 0 aromatic heterocycles. The third-order valence-corrected chi connectivity index (χ3v) is 5.33. The molecule has 0 radical (unpaired) electrons. The highest BCUT2D eigenvalue weighted by Crippen LogP contribution is 2.50. The van der Waals surface area contributed by atoms with Gasteiger partial charge in [-0.25, -0.2) is 9.18 Å². The summed E-state index contributed by atoms with van der Waals surface area (Å²) in [6.07, 6.45) is -7.82. The summed E-state index contributed by atoms with van der Waals surface area (Å²) in [7, 11) is -6.90. The van der Waals surface area contributed by atoms with Crippen LogP contribution in [0.4, 0.5) is 26.3 Å². The third kappa shape index (κ3) is 2.48. The summed E-state index contributed by atoms with van der Waals surface area (Å²) in [6, 6.07) is 0. The second-order valence-corrected chi connectivity index (χ2v) is 7.15. The number of fused-ring (bicyclic) bond motifs is 2. The van der Waals surface area contributed by atoms with E-state index in [-0.39, 0.29) is 12.8 Å². The molecule has 4 atom stereocenters. The Morgan fingerprint density at radius 2 is 1.67 bits per heavy atom. The Bertz CT molecular complexity index is 673. The zero-order valence-electron chi connectivity index (χ0n) is 11.5. The quantitative estimate of drug-likeness (QED) is 0.450. The van der Waals surface area contributed by atoms with Crippen molar-refractivity contribution in [2.75, 3.05) is 0 Å². The van der Waals surface area contributed by atoms with Gasteiger partial charge >= 0.3 is 33.2 Å². The lowest BCUT2D eigenvalue weighted by atomic mass is 9.96. The first-order chi connectivity index (χ1) is 10.6. The second kappa shape index (κ2) is 5.31. The number of halogens is 6. The van der Waals surface area contributed by atoms with Crippen LogP contribution in [0.3, 0.4) is 0 Å².